The van der Waals surface area contributed by atoms with Crippen LogP contribution in [0.15, 0.2) is 18.2 Å². The fourth-order valence-electron chi connectivity index (χ4n) is 2.92. The molecular formula is C17H23N3O5. The van der Waals surface area contributed by atoms with Gasteiger partial charge in [-0.2, -0.15) is 0 Å². The Bertz CT molecular complexity index is 654. The summed E-state index contributed by atoms with van der Waals surface area (Å²) in [5.74, 6) is -0.427. The number of nitrogens with one attached hydrogen (secondary N) is 1. The van der Waals surface area contributed by atoms with E-state index in [0.29, 0.717) is 43.8 Å². The predicted octanol–water partition coefficient (Wildman–Crippen LogP) is 2.12. The molecule has 2 rings (SSSR count). The normalized spacial score (nSPS) is 14.9. The Kier molecular flexibility index (Phi) is 6.32. The van der Waals surface area contributed by atoms with Crippen LogP contribution in [-0.2, 0) is 14.3 Å². The molecule has 1 heterocycles. The van der Waals surface area contributed by atoms with Crippen molar-refractivity contribution in [3.63, 3.8) is 0 Å². The third kappa shape index (κ3) is 4.68. The van der Waals surface area contributed by atoms with E-state index >= 15 is 0 Å². The molecule has 8 heteroatoms. The number of hydrogen-bond donors (Lipinski definition) is 1. The summed E-state index contributed by atoms with van der Waals surface area (Å²) in [6.07, 6.45) is 1.20. The number of nitrogens with zero attached hydrogens (tertiary/aromatic N) is 2. The summed E-state index contributed by atoms with van der Waals surface area (Å²) in [5.41, 5.74) is 1.10. The maximum Gasteiger partial charge on any atom is 0.309 e. The number of likely N-dealkylation sites (tertiary alicyclic amines) is 1. The highest BCUT2D eigenvalue weighted by molar-refractivity contribution is 5.82. The maximum absolute atomic E-state index is 12.3. The number of benzene rings is 1. The van der Waals surface area contributed by atoms with Gasteiger partial charge < -0.3 is 15.0 Å². The smallest absolute Gasteiger partial charge is 0.309 e. The summed E-state index contributed by atoms with van der Waals surface area (Å²) in [7, 11) is 0. The Morgan fingerprint density at radius 1 is 1.36 bits per heavy atom. The van der Waals surface area contributed by atoms with Crippen molar-refractivity contribution in [3.05, 3.63) is 33.9 Å². The number of amides is 1. The van der Waals surface area contributed by atoms with Crippen LogP contribution in [0.4, 0.5) is 11.4 Å². The molecular weight excluding hydrogens is 326 g/mol. The van der Waals surface area contributed by atoms with Gasteiger partial charge in [-0.1, -0.05) is 6.07 Å². The summed E-state index contributed by atoms with van der Waals surface area (Å²) >= 11 is 0. The van der Waals surface area contributed by atoms with Crippen LogP contribution >= 0.6 is 0 Å². The highest BCUT2D eigenvalue weighted by atomic mass is 16.6. The average molecular weight is 349 g/mol. The Labute approximate surface area is 146 Å². The second-order valence-corrected chi connectivity index (χ2v) is 5.97. The number of piperidine rings is 1. The van der Waals surface area contributed by atoms with Crippen LogP contribution < -0.4 is 5.32 Å². The lowest BCUT2D eigenvalue weighted by Gasteiger charge is -2.31. The number of carbonyl (C=O) groups is 2. The minimum atomic E-state index is -0.442. The first-order valence-electron chi connectivity index (χ1n) is 8.36. The summed E-state index contributed by atoms with van der Waals surface area (Å²) in [4.78, 5) is 36.3. The molecule has 136 valence electrons. The van der Waals surface area contributed by atoms with Crippen molar-refractivity contribution in [1.29, 1.82) is 0 Å². The molecule has 1 aromatic carbocycles. The number of ether oxygens (including phenoxy) is 1. The predicted molar refractivity (Wildman–Crippen MR) is 92.3 cm³/mol. The monoisotopic (exact) mass is 349 g/mol. The summed E-state index contributed by atoms with van der Waals surface area (Å²) < 4.78 is 5.02. The molecule has 0 atom stereocenters. The molecule has 1 fully saturated rings. The number of hydrogen-bond acceptors (Lipinski definition) is 6. The van der Waals surface area contributed by atoms with Crippen LogP contribution in [0.25, 0.3) is 0 Å². The van der Waals surface area contributed by atoms with Gasteiger partial charge in [-0.25, -0.2) is 0 Å². The molecule has 1 aliphatic heterocycles. The minimum absolute atomic E-state index is 0.0210. The van der Waals surface area contributed by atoms with Gasteiger partial charge in [-0.3, -0.25) is 19.7 Å². The second-order valence-electron chi connectivity index (χ2n) is 5.97. The van der Waals surface area contributed by atoms with E-state index in [4.69, 9.17) is 4.74 Å². The molecule has 0 aromatic heterocycles. The number of rotatable bonds is 6. The van der Waals surface area contributed by atoms with E-state index in [1.807, 2.05) is 0 Å². The number of nitro benzene ring substituents is 1. The van der Waals surface area contributed by atoms with Gasteiger partial charge in [-0.05, 0) is 32.8 Å². The Morgan fingerprint density at radius 2 is 2.04 bits per heavy atom. The van der Waals surface area contributed by atoms with E-state index in [-0.39, 0.29) is 30.0 Å². The van der Waals surface area contributed by atoms with Crippen LogP contribution in [-0.4, -0.2) is 47.9 Å². The fraction of sp³-hybridized carbons (Fsp3) is 0.529. The van der Waals surface area contributed by atoms with Gasteiger partial charge >= 0.3 is 5.97 Å². The van der Waals surface area contributed by atoms with Crippen molar-refractivity contribution in [2.45, 2.75) is 26.7 Å². The highest BCUT2D eigenvalue weighted by Crippen LogP contribution is 2.25. The zero-order valence-electron chi connectivity index (χ0n) is 14.5. The van der Waals surface area contributed by atoms with Gasteiger partial charge in [0.2, 0.25) is 5.91 Å². The quantitative estimate of drug-likeness (QED) is 0.479. The molecule has 0 unspecified atom stereocenters. The van der Waals surface area contributed by atoms with E-state index in [0.717, 1.165) is 0 Å². The maximum atomic E-state index is 12.3. The standard InChI is InChI=1S/C17H23N3O5/c1-3-25-17(22)13-7-9-19(10-8-13)16(21)11-18-14-5-4-6-15(12(14)2)20(23)24/h4-6,13,18H,3,7-11H2,1-2H3. The lowest BCUT2D eigenvalue weighted by Crippen LogP contribution is -2.43. The van der Waals surface area contributed by atoms with Crippen molar-refractivity contribution in [2.24, 2.45) is 5.92 Å². The molecule has 0 spiro atoms. The molecule has 0 bridgehead atoms. The van der Waals surface area contributed by atoms with Crippen molar-refractivity contribution < 1.29 is 19.2 Å². The largest absolute Gasteiger partial charge is 0.466 e. The molecule has 1 N–H and O–H groups in total. The van der Waals surface area contributed by atoms with Gasteiger partial charge in [0.15, 0.2) is 0 Å². The molecule has 1 saturated heterocycles. The third-order valence-corrected chi connectivity index (χ3v) is 4.40. The van der Waals surface area contributed by atoms with Crippen molar-refractivity contribution in [2.75, 3.05) is 31.6 Å². The lowest BCUT2D eigenvalue weighted by molar-refractivity contribution is -0.385. The SMILES string of the molecule is CCOC(=O)C1CCN(C(=O)CNc2cccc([N+](=O)[O-])c2C)CC1. The first kappa shape index (κ1) is 18.7. The summed E-state index contributed by atoms with van der Waals surface area (Å²) in [6.45, 7) is 4.88. The van der Waals surface area contributed by atoms with Crippen LogP contribution in [0.5, 0.6) is 0 Å². The molecule has 1 amide bonds. The first-order chi connectivity index (χ1) is 11.9. The molecule has 1 aliphatic rings. The van der Waals surface area contributed by atoms with E-state index in [1.54, 1.807) is 30.9 Å². The van der Waals surface area contributed by atoms with Crippen LogP contribution in [0.1, 0.15) is 25.3 Å². The van der Waals surface area contributed by atoms with Crippen molar-refractivity contribution >= 4 is 23.3 Å². The van der Waals surface area contributed by atoms with Gasteiger partial charge in [-0.15, -0.1) is 0 Å². The molecule has 25 heavy (non-hydrogen) atoms. The average Bonchev–Trinajstić information content (AvgIpc) is 2.60. The zero-order valence-corrected chi connectivity index (χ0v) is 14.5. The Morgan fingerprint density at radius 3 is 2.64 bits per heavy atom. The highest BCUT2D eigenvalue weighted by Gasteiger charge is 2.28. The van der Waals surface area contributed by atoms with Gasteiger partial charge in [0.25, 0.3) is 5.69 Å². The Balaban J connectivity index is 1.87. The van der Waals surface area contributed by atoms with Crippen molar-refractivity contribution in [1.82, 2.24) is 4.90 Å². The van der Waals surface area contributed by atoms with E-state index < -0.39 is 4.92 Å². The number of carbonyl (C=O) groups excluding carboxylic acids is 2. The topological polar surface area (TPSA) is 102 Å². The van der Waals surface area contributed by atoms with Gasteiger partial charge in [0, 0.05) is 30.4 Å². The molecule has 1 aromatic rings. The van der Waals surface area contributed by atoms with Gasteiger partial charge in [0.1, 0.15) is 0 Å². The van der Waals surface area contributed by atoms with Crippen LogP contribution in [0.3, 0.4) is 0 Å². The Hall–Kier alpha value is -2.64. The van der Waals surface area contributed by atoms with Crippen LogP contribution in [0.2, 0.25) is 0 Å². The number of esters is 1. The van der Waals surface area contributed by atoms with Crippen molar-refractivity contribution in [3.8, 4) is 0 Å². The summed E-state index contributed by atoms with van der Waals surface area (Å²) in [6, 6.07) is 4.73. The first-order valence-corrected chi connectivity index (χ1v) is 8.36. The molecule has 8 nitrogen and oxygen atoms in total. The molecule has 0 radical (unpaired) electrons. The number of nitro groups is 1. The summed E-state index contributed by atoms with van der Waals surface area (Å²) in [5, 5.41) is 13.9. The molecule has 0 aliphatic carbocycles. The third-order valence-electron chi connectivity index (χ3n) is 4.40. The second kappa shape index (κ2) is 8.46. The van der Waals surface area contributed by atoms with E-state index in [2.05, 4.69) is 5.32 Å². The minimum Gasteiger partial charge on any atom is -0.466 e. The molecule has 0 saturated carbocycles. The number of anilines is 1. The van der Waals surface area contributed by atoms with Gasteiger partial charge in [0.05, 0.1) is 24.0 Å². The van der Waals surface area contributed by atoms with Crippen LogP contribution in [0, 0.1) is 23.0 Å². The van der Waals surface area contributed by atoms with E-state index in [1.165, 1.54) is 6.07 Å². The zero-order chi connectivity index (χ0) is 18.4. The lowest BCUT2D eigenvalue weighted by atomic mass is 9.97. The fourth-order valence-corrected chi connectivity index (χ4v) is 2.92. The van der Waals surface area contributed by atoms with E-state index in [9.17, 15) is 19.7 Å².